The first-order chi connectivity index (χ1) is 10.3. The molecule has 1 atom stereocenters. The number of hydrogen-bond acceptors (Lipinski definition) is 3. The summed E-state index contributed by atoms with van der Waals surface area (Å²) in [4.78, 5) is 13.3. The summed E-state index contributed by atoms with van der Waals surface area (Å²) in [6.45, 7) is 0. The maximum absolute atomic E-state index is 12.4. The molecule has 3 heteroatoms. The molecule has 0 saturated heterocycles. The minimum atomic E-state index is -0.576. The predicted molar refractivity (Wildman–Crippen MR) is 87.5 cm³/mol. The van der Waals surface area contributed by atoms with Gasteiger partial charge in [0.2, 0.25) is 0 Å². The van der Waals surface area contributed by atoms with E-state index in [9.17, 15) is 4.79 Å². The van der Waals surface area contributed by atoms with Crippen molar-refractivity contribution in [3.63, 3.8) is 0 Å². The lowest BCUT2D eigenvalue weighted by Crippen LogP contribution is -2.20. The normalized spacial score (nSPS) is 12.0. The number of benzene rings is 2. The fraction of sp³-hybridized carbons (Fsp3) is 0.0556. The summed E-state index contributed by atoms with van der Waals surface area (Å²) in [6.07, 6.45) is 0. The Morgan fingerprint density at radius 3 is 2.14 bits per heavy atom. The molecule has 1 heterocycles. The van der Waals surface area contributed by atoms with Crippen LogP contribution in [0.25, 0.3) is 11.1 Å². The highest BCUT2D eigenvalue weighted by molar-refractivity contribution is 7.10. The van der Waals surface area contributed by atoms with Crippen molar-refractivity contribution in [2.75, 3.05) is 0 Å². The quantitative estimate of drug-likeness (QED) is 0.729. The standard InChI is InChI=1S/C18H15NOS/c19-17(16-7-4-12-21-16)18(20)15-10-8-14(9-11-15)13-5-2-1-3-6-13/h1-12,17H,19H2. The van der Waals surface area contributed by atoms with Crippen LogP contribution >= 0.6 is 11.3 Å². The zero-order valence-corrected chi connectivity index (χ0v) is 12.2. The lowest BCUT2D eigenvalue weighted by Gasteiger charge is -2.09. The van der Waals surface area contributed by atoms with Gasteiger partial charge in [0.25, 0.3) is 0 Å². The van der Waals surface area contributed by atoms with Crippen molar-refractivity contribution in [1.29, 1.82) is 0 Å². The predicted octanol–water partition coefficient (Wildman–Crippen LogP) is 4.30. The molecular weight excluding hydrogens is 278 g/mol. The van der Waals surface area contributed by atoms with Crippen LogP contribution in [0.2, 0.25) is 0 Å². The Kier molecular flexibility index (Phi) is 3.95. The molecule has 21 heavy (non-hydrogen) atoms. The molecular formula is C18H15NOS. The molecule has 104 valence electrons. The van der Waals surface area contributed by atoms with Crippen LogP contribution in [-0.4, -0.2) is 5.78 Å². The maximum atomic E-state index is 12.4. The molecule has 2 nitrogen and oxygen atoms in total. The van der Waals surface area contributed by atoms with Gasteiger partial charge in [0.05, 0.1) is 0 Å². The average molecular weight is 293 g/mol. The van der Waals surface area contributed by atoms with Gasteiger partial charge < -0.3 is 5.73 Å². The molecule has 2 N–H and O–H groups in total. The second-order valence-electron chi connectivity index (χ2n) is 4.80. The Labute approximate surface area is 127 Å². The van der Waals surface area contributed by atoms with Gasteiger partial charge >= 0.3 is 0 Å². The SMILES string of the molecule is NC(C(=O)c1ccc(-c2ccccc2)cc1)c1cccs1. The Hall–Kier alpha value is -2.23. The van der Waals surface area contributed by atoms with Crippen LogP contribution in [-0.2, 0) is 0 Å². The summed E-state index contributed by atoms with van der Waals surface area (Å²) in [5, 5.41) is 1.93. The smallest absolute Gasteiger partial charge is 0.184 e. The number of carbonyl (C=O) groups excluding carboxylic acids is 1. The van der Waals surface area contributed by atoms with Crippen LogP contribution in [0.5, 0.6) is 0 Å². The van der Waals surface area contributed by atoms with Gasteiger partial charge in [-0.3, -0.25) is 4.79 Å². The molecule has 0 aliphatic rings. The van der Waals surface area contributed by atoms with Crippen molar-refractivity contribution >= 4 is 17.1 Å². The summed E-state index contributed by atoms with van der Waals surface area (Å²) >= 11 is 1.51. The third-order valence-electron chi connectivity index (χ3n) is 3.41. The van der Waals surface area contributed by atoms with Crippen molar-refractivity contribution in [2.45, 2.75) is 6.04 Å². The van der Waals surface area contributed by atoms with E-state index >= 15 is 0 Å². The monoisotopic (exact) mass is 293 g/mol. The first kappa shape index (κ1) is 13.7. The molecule has 0 aliphatic carbocycles. The van der Waals surface area contributed by atoms with E-state index in [0.717, 1.165) is 16.0 Å². The van der Waals surface area contributed by atoms with Crippen LogP contribution in [0.3, 0.4) is 0 Å². The number of rotatable bonds is 4. The number of thiophene rings is 1. The number of hydrogen-bond donors (Lipinski definition) is 1. The first-order valence-corrected chi connectivity index (χ1v) is 7.62. The van der Waals surface area contributed by atoms with Crippen LogP contribution in [0.15, 0.2) is 72.1 Å². The molecule has 0 amide bonds. The minimum Gasteiger partial charge on any atom is -0.317 e. The van der Waals surface area contributed by atoms with Crippen LogP contribution in [0, 0.1) is 0 Å². The number of ketones is 1. The van der Waals surface area contributed by atoms with Gasteiger partial charge in [-0.25, -0.2) is 0 Å². The highest BCUT2D eigenvalue weighted by Gasteiger charge is 2.18. The summed E-state index contributed by atoms with van der Waals surface area (Å²) in [5.41, 5.74) is 8.91. The summed E-state index contributed by atoms with van der Waals surface area (Å²) in [6, 6.07) is 20.9. The van der Waals surface area contributed by atoms with Gasteiger partial charge in [-0.1, -0.05) is 60.7 Å². The van der Waals surface area contributed by atoms with Gasteiger partial charge in [-0.15, -0.1) is 11.3 Å². The highest BCUT2D eigenvalue weighted by Crippen LogP contribution is 2.23. The number of carbonyl (C=O) groups is 1. The second kappa shape index (κ2) is 6.04. The van der Waals surface area contributed by atoms with Gasteiger partial charge in [-0.05, 0) is 22.6 Å². The third-order valence-corrected chi connectivity index (χ3v) is 4.36. The molecule has 1 aromatic heterocycles. The van der Waals surface area contributed by atoms with Gasteiger partial charge in [0.15, 0.2) is 5.78 Å². The molecule has 0 saturated carbocycles. The van der Waals surface area contributed by atoms with E-state index in [-0.39, 0.29) is 5.78 Å². The van der Waals surface area contributed by atoms with Crippen LogP contribution < -0.4 is 5.73 Å². The number of Topliss-reactive ketones (excluding diaryl/α,β-unsaturated/α-hetero) is 1. The number of nitrogens with two attached hydrogens (primary N) is 1. The van der Waals surface area contributed by atoms with Crippen LogP contribution in [0.4, 0.5) is 0 Å². The van der Waals surface area contributed by atoms with Crippen molar-refractivity contribution in [2.24, 2.45) is 5.73 Å². The molecule has 0 aliphatic heterocycles. The lowest BCUT2D eigenvalue weighted by molar-refractivity contribution is 0.0962. The molecule has 2 aromatic carbocycles. The van der Waals surface area contributed by atoms with Gasteiger partial charge in [0, 0.05) is 10.4 Å². The lowest BCUT2D eigenvalue weighted by atomic mass is 9.99. The van der Waals surface area contributed by atoms with E-state index in [1.165, 1.54) is 11.3 Å². The van der Waals surface area contributed by atoms with E-state index in [1.807, 2.05) is 72.1 Å². The van der Waals surface area contributed by atoms with E-state index in [1.54, 1.807) is 0 Å². The van der Waals surface area contributed by atoms with E-state index in [2.05, 4.69) is 0 Å². The highest BCUT2D eigenvalue weighted by atomic mass is 32.1. The van der Waals surface area contributed by atoms with E-state index < -0.39 is 6.04 Å². The van der Waals surface area contributed by atoms with Crippen molar-refractivity contribution in [3.8, 4) is 11.1 Å². The fourth-order valence-electron chi connectivity index (χ4n) is 2.23. The van der Waals surface area contributed by atoms with Gasteiger partial charge in [-0.2, -0.15) is 0 Å². The molecule has 3 aromatic rings. The summed E-state index contributed by atoms with van der Waals surface area (Å²) < 4.78 is 0. The summed E-state index contributed by atoms with van der Waals surface area (Å²) in [7, 11) is 0. The topological polar surface area (TPSA) is 43.1 Å². The van der Waals surface area contributed by atoms with E-state index in [4.69, 9.17) is 5.73 Å². The minimum absolute atomic E-state index is 0.0444. The van der Waals surface area contributed by atoms with Crippen molar-refractivity contribution < 1.29 is 4.79 Å². The second-order valence-corrected chi connectivity index (χ2v) is 5.78. The fourth-order valence-corrected chi connectivity index (χ4v) is 2.96. The summed E-state index contributed by atoms with van der Waals surface area (Å²) in [5.74, 6) is -0.0444. The Bertz CT molecular complexity index is 718. The first-order valence-electron chi connectivity index (χ1n) is 6.74. The Morgan fingerprint density at radius 2 is 1.52 bits per heavy atom. The average Bonchev–Trinajstić information content (AvgIpc) is 3.09. The third kappa shape index (κ3) is 2.94. The maximum Gasteiger partial charge on any atom is 0.184 e. The molecule has 0 radical (unpaired) electrons. The van der Waals surface area contributed by atoms with E-state index in [0.29, 0.717) is 5.56 Å². The zero-order valence-electron chi connectivity index (χ0n) is 11.4. The molecule has 0 spiro atoms. The van der Waals surface area contributed by atoms with Crippen LogP contribution in [0.1, 0.15) is 21.3 Å². The molecule has 3 rings (SSSR count). The Balaban J connectivity index is 1.83. The molecule has 0 fully saturated rings. The van der Waals surface area contributed by atoms with Gasteiger partial charge in [0.1, 0.15) is 6.04 Å². The molecule has 0 bridgehead atoms. The molecule has 1 unspecified atom stereocenters. The van der Waals surface area contributed by atoms with Crippen molar-refractivity contribution in [3.05, 3.63) is 82.6 Å². The zero-order chi connectivity index (χ0) is 14.7. The Morgan fingerprint density at radius 1 is 0.857 bits per heavy atom. The largest absolute Gasteiger partial charge is 0.317 e. The van der Waals surface area contributed by atoms with Crippen molar-refractivity contribution in [1.82, 2.24) is 0 Å².